The van der Waals surface area contributed by atoms with Crippen LogP contribution in [0.5, 0.6) is 0 Å². The largest absolute Gasteiger partial charge is 0.481 e. The molecule has 6 heteroatoms. The van der Waals surface area contributed by atoms with Crippen molar-refractivity contribution < 1.29 is 19.2 Å². The smallest absolute Gasteiger partial charge is 0.306 e. The van der Waals surface area contributed by atoms with E-state index in [2.05, 4.69) is 10.1 Å². The lowest BCUT2D eigenvalue weighted by Gasteiger charge is -2.03. The second-order valence-corrected chi connectivity index (χ2v) is 5.10. The number of aliphatic carboxylic acids is 1. The molecule has 0 radical (unpaired) electrons. The Bertz CT molecular complexity index is 439. The van der Waals surface area contributed by atoms with Crippen LogP contribution in [0.15, 0.2) is 4.52 Å². The number of carboxylic acids is 1. The summed E-state index contributed by atoms with van der Waals surface area (Å²) < 4.78 is 10.6. The third-order valence-corrected chi connectivity index (χ3v) is 3.88. The molecule has 0 aromatic carbocycles. The molecular weight excluding hydrogens is 236 g/mol. The van der Waals surface area contributed by atoms with Gasteiger partial charge in [0.15, 0.2) is 5.82 Å². The minimum absolute atomic E-state index is 0.106. The molecule has 0 amide bonds. The van der Waals surface area contributed by atoms with Gasteiger partial charge in [-0.05, 0) is 25.7 Å². The van der Waals surface area contributed by atoms with Crippen molar-refractivity contribution in [3.05, 3.63) is 11.7 Å². The zero-order valence-electron chi connectivity index (χ0n) is 10.0. The Kier molecular flexibility index (Phi) is 3.03. The second-order valence-electron chi connectivity index (χ2n) is 5.10. The van der Waals surface area contributed by atoms with E-state index in [0.717, 1.165) is 19.4 Å². The molecule has 2 aliphatic rings. The molecule has 1 aromatic rings. The van der Waals surface area contributed by atoms with Gasteiger partial charge in [-0.15, -0.1) is 0 Å². The highest BCUT2D eigenvalue weighted by atomic mass is 16.5. The van der Waals surface area contributed by atoms with Crippen LogP contribution in [0.4, 0.5) is 0 Å². The van der Waals surface area contributed by atoms with Crippen molar-refractivity contribution in [2.45, 2.75) is 37.5 Å². The van der Waals surface area contributed by atoms with E-state index in [4.69, 9.17) is 14.4 Å². The molecular formula is C12H16N2O4. The Morgan fingerprint density at radius 2 is 2.17 bits per heavy atom. The summed E-state index contributed by atoms with van der Waals surface area (Å²) in [5.74, 6) is 0.664. The zero-order valence-corrected chi connectivity index (χ0v) is 10.0. The van der Waals surface area contributed by atoms with Crippen molar-refractivity contribution >= 4 is 5.97 Å². The molecule has 2 heterocycles. The molecule has 1 aliphatic heterocycles. The van der Waals surface area contributed by atoms with Crippen molar-refractivity contribution in [2.24, 2.45) is 5.92 Å². The first kappa shape index (κ1) is 11.6. The monoisotopic (exact) mass is 252 g/mol. The Labute approximate surface area is 104 Å². The Morgan fingerprint density at radius 1 is 1.28 bits per heavy atom. The molecule has 0 bridgehead atoms. The molecule has 3 rings (SSSR count). The second kappa shape index (κ2) is 4.68. The molecule has 1 aliphatic carbocycles. The van der Waals surface area contributed by atoms with Gasteiger partial charge in [-0.25, -0.2) is 0 Å². The molecule has 3 atom stereocenters. The minimum atomic E-state index is -0.721. The first-order valence-corrected chi connectivity index (χ1v) is 6.38. The first-order valence-electron chi connectivity index (χ1n) is 6.38. The highest BCUT2D eigenvalue weighted by Crippen LogP contribution is 2.38. The van der Waals surface area contributed by atoms with Crippen molar-refractivity contribution in [3.63, 3.8) is 0 Å². The van der Waals surface area contributed by atoms with Crippen LogP contribution < -0.4 is 0 Å². The molecule has 1 saturated carbocycles. The van der Waals surface area contributed by atoms with Crippen LogP contribution in [0.1, 0.15) is 49.2 Å². The van der Waals surface area contributed by atoms with Crippen molar-refractivity contribution in [2.75, 3.05) is 13.2 Å². The van der Waals surface area contributed by atoms with Crippen LogP contribution >= 0.6 is 0 Å². The number of carbonyl (C=O) groups is 1. The fraction of sp³-hybridized carbons (Fsp3) is 0.750. The van der Waals surface area contributed by atoms with E-state index >= 15 is 0 Å². The number of hydrogen-bond acceptors (Lipinski definition) is 5. The lowest BCUT2D eigenvalue weighted by atomic mass is 10.1. The summed E-state index contributed by atoms with van der Waals surface area (Å²) in [5, 5.41) is 13.0. The number of carboxylic acid groups (broad SMARTS) is 1. The Morgan fingerprint density at radius 3 is 2.83 bits per heavy atom. The lowest BCUT2D eigenvalue weighted by Crippen LogP contribution is -2.09. The number of nitrogens with zero attached hydrogens (tertiary/aromatic N) is 2. The lowest BCUT2D eigenvalue weighted by molar-refractivity contribution is -0.141. The summed E-state index contributed by atoms with van der Waals surface area (Å²) in [7, 11) is 0. The van der Waals surface area contributed by atoms with Crippen LogP contribution in [0.2, 0.25) is 0 Å². The number of aromatic nitrogens is 2. The van der Waals surface area contributed by atoms with E-state index in [0.29, 0.717) is 31.2 Å². The molecule has 6 nitrogen and oxygen atoms in total. The molecule has 2 fully saturated rings. The molecule has 0 spiro atoms. The molecule has 18 heavy (non-hydrogen) atoms. The van der Waals surface area contributed by atoms with Crippen molar-refractivity contribution in [1.29, 1.82) is 0 Å². The summed E-state index contributed by atoms with van der Waals surface area (Å²) in [6, 6.07) is 0. The normalized spacial score (nSPS) is 31.9. The van der Waals surface area contributed by atoms with Gasteiger partial charge >= 0.3 is 5.97 Å². The Balaban J connectivity index is 1.68. The van der Waals surface area contributed by atoms with E-state index in [1.807, 2.05) is 0 Å². The van der Waals surface area contributed by atoms with Gasteiger partial charge in [0.2, 0.25) is 5.89 Å². The van der Waals surface area contributed by atoms with Crippen molar-refractivity contribution in [1.82, 2.24) is 10.1 Å². The maximum absolute atomic E-state index is 10.9. The fourth-order valence-corrected chi connectivity index (χ4v) is 2.75. The maximum atomic E-state index is 10.9. The van der Waals surface area contributed by atoms with Crippen LogP contribution in [0.3, 0.4) is 0 Å². The van der Waals surface area contributed by atoms with Gasteiger partial charge in [-0.3, -0.25) is 4.79 Å². The topological polar surface area (TPSA) is 85.5 Å². The van der Waals surface area contributed by atoms with E-state index in [-0.39, 0.29) is 17.8 Å². The number of rotatable bonds is 3. The fourth-order valence-electron chi connectivity index (χ4n) is 2.75. The number of ether oxygens (including phenoxy) is 1. The highest BCUT2D eigenvalue weighted by Gasteiger charge is 2.34. The predicted molar refractivity (Wildman–Crippen MR) is 60.2 cm³/mol. The Hall–Kier alpha value is -1.43. The maximum Gasteiger partial charge on any atom is 0.306 e. The summed E-state index contributed by atoms with van der Waals surface area (Å²) in [6.07, 6.45) is 3.06. The van der Waals surface area contributed by atoms with Gasteiger partial charge in [0, 0.05) is 18.4 Å². The van der Waals surface area contributed by atoms with Gasteiger partial charge in [0.25, 0.3) is 0 Å². The first-order chi connectivity index (χ1) is 8.74. The molecule has 1 saturated heterocycles. The van der Waals surface area contributed by atoms with Crippen LogP contribution in [0.25, 0.3) is 0 Å². The molecule has 1 N–H and O–H groups in total. The third kappa shape index (κ3) is 2.12. The van der Waals surface area contributed by atoms with Gasteiger partial charge < -0.3 is 14.4 Å². The summed E-state index contributed by atoms with van der Waals surface area (Å²) >= 11 is 0. The molecule has 98 valence electrons. The van der Waals surface area contributed by atoms with E-state index < -0.39 is 5.97 Å². The molecule has 3 unspecified atom stereocenters. The van der Waals surface area contributed by atoms with Gasteiger partial charge in [0.1, 0.15) is 0 Å². The predicted octanol–water partition coefficient (Wildman–Crippen LogP) is 1.54. The van der Waals surface area contributed by atoms with Crippen LogP contribution in [-0.4, -0.2) is 34.4 Å². The number of hydrogen-bond donors (Lipinski definition) is 1. The van der Waals surface area contributed by atoms with Gasteiger partial charge in [0.05, 0.1) is 12.5 Å². The molecule has 1 aromatic heterocycles. The van der Waals surface area contributed by atoms with Crippen molar-refractivity contribution in [3.8, 4) is 0 Å². The highest BCUT2D eigenvalue weighted by molar-refractivity contribution is 5.70. The summed E-state index contributed by atoms with van der Waals surface area (Å²) in [6.45, 7) is 1.40. The standard InChI is InChI=1S/C12H16N2O4/c15-12(16)8-2-1-7(5-8)11-13-10(14-18-11)9-3-4-17-6-9/h7-9H,1-6H2,(H,15,16). The zero-order chi connectivity index (χ0) is 12.5. The third-order valence-electron chi connectivity index (χ3n) is 3.88. The summed E-state index contributed by atoms with van der Waals surface area (Å²) in [5.41, 5.74) is 0. The van der Waals surface area contributed by atoms with Gasteiger partial charge in [-0.1, -0.05) is 5.16 Å². The average Bonchev–Trinajstić information content (AvgIpc) is 3.10. The SMILES string of the molecule is O=C(O)C1CCC(c2nc(C3CCOC3)no2)C1. The van der Waals surface area contributed by atoms with E-state index in [9.17, 15) is 4.79 Å². The average molecular weight is 252 g/mol. The van der Waals surface area contributed by atoms with Gasteiger partial charge in [-0.2, -0.15) is 4.98 Å². The quantitative estimate of drug-likeness (QED) is 0.878. The van der Waals surface area contributed by atoms with E-state index in [1.54, 1.807) is 0 Å². The minimum Gasteiger partial charge on any atom is -0.481 e. The summed E-state index contributed by atoms with van der Waals surface area (Å²) in [4.78, 5) is 15.3. The van der Waals surface area contributed by atoms with Crippen LogP contribution in [0, 0.1) is 5.92 Å². The van der Waals surface area contributed by atoms with E-state index in [1.165, 1.54) is 0 Å². The van der Waals surface area contributed by atoms with Crippen LogP contribution in [-0.2, 0) is 9.53 Å².